The maximum atomic E-state index is 15.0. The summed E-state index contributed by atoms with van der Waals surface area (Å²) in [7, 11) is 3.19. The fraction of sp³-hybridized carbons (Fsp3) is 0.457. The number of aryl methyl sites for hydroxylation is 2. The molecule has 0 aliphatic heterocycles. The lowest BCUT2D eigenvalue weighted by atomic mass is 9.52. The summed E-state index contributed by atoms with van der Waals surface area (Å²) >= 11 is 0. The van der Waals surface area contributed by atoms with E-state index in [9.17, 15) is 4.79 Å². The van der Waals surface area contributed by atoms with Gasteiger partial charge in [-0.3, -0.25) is 4.79 Å². The molecule has 212 valence electrons. The molecule has 0 bridgehead atoms. The Kier molecular flexibility index (Phi) is 7.80. The molecule has 1 spiro atoms. The SMILES string of the molecule is COC(=O)C1CC[C@@]12CCCc1ccc(OCc3ccc(-c4cc(C)ccc4F)c([C@H](OC)C(C)(C)C)c3)cc12. The van der Waals surface area contributed by atoms with Gasteiger partial charge in [0.2, 0.25) is 0 Å². The van der Waals surface area contributed by atoms with E-state index in [-0.39, 0.29) is 34.6 Å². The molecule has 2 aliphatic carbocycles. The van der Waals surface area contributed by atoms with Gasteiger partial charge in [0.1, 0.15) is 18.2 Å². The monoisotopic (exact) mass is 544 g/mol. The zero-order valence-corrected chi connectivity index (χ0v) is 24.6. The molecule has 4 nitrogen and oxygen atoms in total. The smallest absolute Gasteiger partial charge is 0.309 e. The minimum absolute atomic E-state index is 0.0766. The highest BCUT2D eigenvalue weighted by Crippen LogP contribution is 2.56. The van der Waals surface area contributed by atoms with Crippen molar-refractivity contribution in [3.8, 4) is 16.9 Å². The first-order chi connectivity index (χ1) is 19.1. The Morgan fingerprint density at radius 2 is 1.82 bits per heavy atom. The van der Waals surface area contributed by atoms with Gasteiger partial charge in [-0.25, -0.2) is 4.39 Å². The van der Waals surface area contributed by atoms with Crippen molar-refractivity contribution in [1.29, 1.82) is 0 Å². The molecule has 3 atom stereocenters. The lowest BCUT2D eigenvalue weighted by Gasteiger charge is -2.51. The Morgan fingerprint density at radius 1 is 1.02 bits per heavy atom. The van der Waals surface area contributed by atoms with Gasteiger partial charge in [0.25, 0.3) is 0 Å². The molecule has 3 aromatic rings. The van der Waals surface area contributed by atoms with Crippen molar-refractivity contribution in [2.45, 2.75) is 77.9 Å². The fourth-order valence-corrected chi connectivity index (χ4v) is 6.92. The lowest BCUT2D eigenvalue weighted by Crippen LogP contribution is -2.50. The number of methoxy groups -OCH3 is 2. The van der Waals surface area contributed by atoms with Crippen molar-refractivity contribution in [3.63, 3.8) is 0 Å². The highest BCUT2D eigenvalue weighted by molar-refractivity contribution is 5.76. The van der Waals surface area contributed by atoms with E-state index in [4.69, 9.17) is 14.2 Å². The van der Waals surface area contributed by atoms with Crippen LogP contribution in [0.4, 0.5) is 4.39 Å². The highest BCUT2D eigenvalue weighted by Gasteiger charge is 2.53. The molecule has 5 heteroatoms. The van der Waals surface area contributed by atoms with Crippen molar-refractivity contribution in [2.75, 3.05) is 14.2 Å². The van der Waals surface area contributed by atoms with Crippen molar-refractivity contribution < 1.29 is 23.4 Å². The van der Waals surface area contributed by atoms with Crippen molar-refractivity contribution in [2.24, 2.45) is 11.3 Å². The second-order valence-corrected chi connectivity index (χ2v) is 12.6. The van der Waals surface area contributed by atoms with E-state index in [1.807, 2.05) is 31.2 Å². The predicted molar refractivity (Wildman–Crippen MR) is 156 cm³/mol. The molecule has 0 heterocycles. The third kappa shape index (κ3) is 5.16. The van der Waals surface area contributed by atoms with E-state index in [1.165, 1.54) is 24.3 Å². The zero-order valence-electron chi connectivity index (χ0n) is 24.6. The minimum Gasteiger partial charge on any atom is -0.489 e. The number of hydrogen-bond acceptors (Lipinski definition) is 4. The van der Waals surface area contributed by atoms with Gasteiger partial charge in [-0.1, -0.05) is 50.6 Å². The van der Waals surface area contributed by atoms with Crippen LogP contribution in [-0.4, -0.2) is 20.2 Å². The van der Waals surface area contributed by atoms with Crippen LogP contribution < -0.4 is 4.74 Å². The van der Waals surface area contributed by atoms with E-state index in [1.54, 1.807) is 13.2 Å². The molecule has 40 heavy (non-hydrogen) atoms. The number of fused-ring (bicyclic) bond motifs is 2. The van der Waals surface area contributed by atoms with Crippen LogP contribution in [0, 0.1) is 24.1 Å². The summed E-state index contributed by atoms with van der Waals surface area (Å²) in [5, 5.41) is 0. The van der Waals surface area contributed by atoms with Crippen LogP contribution in [0.5, 0.6) is 5.75 Å². The Bertz CT molecular complexity index is 1400. The maximum absolute atomic E-state index is 15.0. The van der Waals surface area contributed by atoms with E-state index in [2.05, 4.69) is 39.0 Å². The molecule has 1 fully saturated rings. The first kappa shape index (κ1) is 28.4. The Hall–Kier alpha value is -3.18. The Balaban J connectivity index is 1.46. The second kappa shape index (κ2) is 11.0. The van der Waals surface area contributed by atoms with E-state index in [0.29, 0.717) is 12.2 Å². The lowest BCUT2D eigenvalue weighted by molar-refractivity contribution is -0.153. The number of carbonyl (C=O) groups excluding carboxylic acids is 1. The summed E-state index contributed by atoms with van der Waals surface area (Å²) in [5.41, 5.74) is 6.58. The average Bonchev–Trinajstić information content (AvgIpc) is 2.92. The number of ether oxygens (including phenoxy) is 3. The van der Waals surface area contributed by atoms with E-state index in [0.717, 1.165) is 60.1 Å². The quantitative estimate of drug-likeness (QED) is 0.281. The number of esters is 1. The Labute approximate surface area is 237 Å². The molecule has 0 N–H and O–H groups in total. The molecule has 0 amide bonds. The van der Waals surface area contributed by atoms with E-state index >= 15 is 4.39 Å². The predicted octanol–water partition coefficient (Wildman–Crippen LogP) is 8.27. The van der Waals surface area contributed by atoms with Gasteiger partial charge >= 0.3 is 5.97 Å². The molecule has 1 unspecified atom stereocenters. The first-order valence-electron chi connectivity index (χ1n) is 14.3. The van der Waals surface area contributed by atoms with Gasteiger partial charge in [-0.15, -0.1) is 0 Å². The van der Waals surface area contributed by atoms with E-state index < -0.39 is 0 Å². The summed E-state index contributed by atoms with van der Waals surface area (Å²) in [6.07, 6.45) is 4.77. The molecular weight excluding hydrogens is 503 g/mol. The van der Waals surface area contributed by atoms with Crippen LogP contribution in [0.1, 0.15) is 80.4 Å². The van der Waals surface area contributed by atoms with Gasteiger partial charge in [-0.2, -0.15) is 0 Å². The molecule has 0 radical (unpaired) electrons. The zero-order chi connectivity index (χ0) is 28.7. The molecule has 5 rings (SSSR count). The number of halogens is 1. The largest absolute Gasteiger partial charge is 0.489 e. The summed E-state index contributed by atoms with van der Waals surface area (Å²) in [4.78, 5) is 12.5. The van der Waals surface area contributed by atoms with Crippen molar-refractivity contribution >= 4 is 5.97 Å². The summed E-state index contributed by atoms with van der Waals surface area (Å²) < 4.78 is 32.5. The Morgan fingerprint density at radius 3 is 2.50 bits per heavy atom. The van der Waals surface area contributed by atoms with Crippen LogP contribution in [0.15, 0.2) is 54.6 Å². The van der Waals surface area contributed by atoms with Crippen LogP contribution >= 0.6 is 0 Å². The molecular formula is C35H41FO4. The molecule has 3 aromatic carbocycles. The van der Waals surface area contributed by atoms with Gasteiger partial charge < -0.3 is 14.2 Å². The van der Waals surface area contributed by atoms with Crippen LogP contribution in [0.3, 0.4) is 0 Å². The van der Waals surface area contributed by atoms with Crippen LogP contribution in [-0.2, 0) is 32.7 Å². The third-order valence-corrected chi connectivity index (χ3v) is 8.96. The number of benzene rings is 3. The third-order valence-electron chi connectivity index (χ3n) is 8.96. The second-order valence-electron chi connectivity index (χ2n) is 12.6. The average molecular weight is 545 g/mol. The molecule has 0 aromatic heterocycles. The number of hydrogen-bond donors (Lipinski definition) is 0. The first-order valence-corrected chi connectivity index (χ1v) is 14.3. The van der Waals surface area contributed by atoms with Crippen LogP contribution in [0.25, 0.3) is 11.1 Å². The fourth-order valence-electron chi connectivity index (χ4n) is 6.92. The van der Waals surface area contributed by atoms with Gasteiger partial charge in [0, 0.05) is 18.1 Å². The highest BCUT2D eigenvalue weighted by atomic mass is 19.1. The minimum atomic E-state index is -0.246. The maximum Gasteiger partial charge on any atom is 0.309 e. The number of rotatable bonds is 7. The van der Waals surface area contributed by atoms with Crippen molar-refractivity contribution in [3.05, 3.63) is 88.2 Å². The van der Waals surface area contributed by atoms with Gasteiger partial charge in [0.05, 0.1) is 19.1 Å². The van der Waals surface area contributed by atoms with Gasteiger partial charge in [-0.05, 0) is 103 Å². The molecule has 2 aliphatic rings. The van der Waals surface area contributed by atoms with Gasteiger partial charge in [0.15, 0.2) is 0 Å². The summed E-state index contributed by atoms with van der Waals surface area (Å²) in [6, 6.07) is 17.6. The standard InChI is InChI=1S/C35H41FO4/c1-22-9-14-31(36)27(18-22)26-13-10-23(19-28(26)32(38-5)34(2,3)4)21-40-25-12-11-24-8-7-16-35(30(24)20-25)17-15-29(35)33(37)39-6/h9-14,18-20,29,32H,7-8,15-17,21H2,1-6H3/t29?,32-,35-/m0/s1. The summed E-state index contributed by atoms with van der Waals surface area (Å²) in [6.45, 7) is 8.74. The summed E-state index contributed by atoms with van der Waals surface area (Å²) in [5.74, 6) is 0.371. The van der Waals surface area contributed by atoms with Crippen molar-refractivity contribution in [1.82, 2.24) is 0 Å². The normalized spacial score (nSPS) is 20.9. The topological polar surface area (TPSA) is 44.8 Å². The number of carbonyl (C=O) groups is 1. The molecule has 0 saturated heterocycles. The van der Waals surface area contributed by atoms with Crippen LogP contribution in [0.2, 0.25) is 0 Å². The molecule has 1 saturated carbocycles.